The van der Waals surface area contributed by atoms with Crippen molar-refractivity contribution in [3.63, 3.8) is 0 Å². The van der Waals surface area contributed by atoms with Crippen molar-refractivity contribution in [1.29, 1.82) is 0 Å². The van der Waals surface area contributed by atoms with Crippen LogP contribution in [0.2, 0.25) is 10.0 Å². The minimum atomic E-state index is -1.29. The number of halogens is 2. The molecule has 0 saturated heterocycles. The van der Waals surface area contributed by atoms with Crippen LogP contribution in [0.15, 0.2) is 65.2 Å². The van der Waals surface area contributed by atoms with Crippen molar-refractivity contribution in [1.82, 2.24) is 10.3 Å². The van der Waals surface area contributed by atoms with E-state index in [1.807, 2.05) is 49.6 Å². The highest BCUT2D eigenvalue weighted by Crippen LogP contribution is 2.52. The Hall–Kier alpha value is -2.87. The summed E-state index contributed by atoms with van der Waals surface area (Å²) < 4.78 is 11.2. The third kappa shape index (κ3) is 4.88. The smallest absolute Gasteiger partial charge is 0.336 e. The first-order valence-electron chi connectivity index (χ1n) is 12.0. The van der Waals surface area contributed by atoms with Gasteiger partial charge in [0.1, 0.15) is 10.4 Å². The number of hydrogen-bond donors (Lipinski definition) is 1. The molecule has 0 spiro atoms. The van der Waals surface area contributed by atoms with E-state index >= 15 is 0 Å². The number of rotatable bonds is 7. The van der Waals surface area contributed by atoms with Crippen LogP contribution in [0.1, 0.15) is 44.2 Å². The number of nitrogens with one attached hydrogen (secondary N) is 1. The van der Waals surface area contributed by atoms with Gasteiger partial charge in [-0.2, -0.15) is 0 Å². The molecule has 0 radical (unpaired) electrons. The minimum Gasteiger partial charge on any atom is -0.465 e. The van der Waals surface area contributed by atoms with Crippen LogP contribution >= 0.6 is 34.5 Å². The number of benzene rings is 2. The van der Waals surface area contributed by atoms with E-state index < -0.39 is 29.3 Å². The van der Waals surface area contributed by atoms with Crippen molar-refractivity contribution in [2.45, 2.75) is 45.1 Å². The Morgan fingerprint density at radius 3 is 2.43 bits per heavy atom. The molecule has 1 aliphatic rings. The van der Waals surface area contributed by atoms with Crippen LogP contribution < -0.4 is 5.32 Å². The molecule has 0 amide bonds. The van der Waals surface area contributed by atoms with E-state index in [4.69, 9.17) is 37.7 Å². The first-order valence-corrected chi connectivity index (χ1v) is 13.7. The number of nitrogens with zero attached hydrogens (tertiary/aromatic N) is 1. The Balaban J connectivity index is 2.01. The first kappa shape index (κ1) is 27.2. The van der Waals surface area contributed by atoms with Gasteiger partial charge in [0.25, 0.3) is 0 Å². The second-order valence-electron chi connectivity index (χ2n) is 8.71. The van der Waals surface area contributed by atoms with E-state index in [0.29, 0.717) is 43.1 Å². The van der Waals surface area contributed by atoms with Crippen molar-refractivity contribution in [3.05, 3.63) is 85.8 Å². The van der Waals surface area contributed by atoms with Gasteiger partial charge in [0, 0.05) is 27.7 Å². The molecular formula is C28H28Cl2N2O4S. The fraction of sp³-hybridized carbons (Fsp3) is 0.321. The van der Waals surface area contributed by atoms with Crippen LogP contribution in [0.25, 0.3) is 11.3 Å². The SMILES string of the molecule is CCOC(=O)C1=C(C)NC(C)C(C(=O)OCC)(c2ccccc2)C1c1nc(-c2ccc(Cl)cc2Cl)cs1. The van der Waals surface area contributed by atoms with Gasteiger partial charge < -0.3 is 14.8 Å². The second-order valence-corrected chi connectivity index (χ2v) is 10.4. The molecule has 3 atom stereocenters. The number of aromatic nitrogens is 1. The zero-order valence-electron chi connectivity index (χ0n) is 21.0. The lowest BCUT2D eigenvalue weighted by atomic mass is 9.61. The van der Waals surface area contributed by atoms with E-state index in [2.05, 4.69) is 5.32 Å². The summed E-state index contributed by atoms with van der Waals surface area (Å²) in [5.74, 6) is -1.72. The lowest BCUT2D eigenvalue weighted by molar-refractivity contribution is -0.153. The van der Waals surface area contributed by atoms with E-state index in [1.54, 1.807) is 32.0 Å². The number of ether oxygens (including phenoxy) is 2. The van der Waals surface area contributed by atoms with E-state index in [1.165, 1.54) is 11.3 Å². The molecule has 1 aliphatic heterocycles. The molecule has 1 N–H and O–H groups in total. The zero-order chi connectivity index (χ0) is 26.7. The molecular weight excluding hydrogens is 531 g/mol. The van der Waals surface area contributed by atoms with Gasteiger partial charge >= 0.3 is 11.9 Å². The Morgan fingerprint density at radius 1 is 1.08 bits per heavy atom. The first-order chi connectivity index (χ1) is 17.7. The van der Waals surface area contributed by atoms with Gasteiger partial charge in [-0.3, -0.25) is 4.79 Å². The normalized spacial score (nSPS) is 21.4. The summed E-state index contributed by atoms with van der Waals surface area (Å²) in [4.78, 5) is 32.4. The maximum atomic E-state index is 14.0. The van der Waals surface area contributed by atoms with Gasteiger partial charge in [-0.05, 0) is 51.5 Å². The zero-order valence-corrected chi connectivity index (χ0v) is 23.3. The fourth-order valence-electron chi connectivity index (χ4n) is 5.04. The van der Waals surface area contributed by atoms with E-state index in [0.717, 1.165) is 0 Å². The topological polar surface area (TPSA) is 77.5 Å². The van der Waals surface area contributed by atoms with Crippen molar-refractivity contribution >= 4 is 46.5 Å². The number of hydrogen-bond acceptors (Lipinski definition) is 7. The summed E-state index contributed by atoms with van der Waals surface area (Å²) in [6.07, 6.45) is 0. The lowest BCUT2D eigenvalue weighted by Gasteiger charge is -2.47. The monoisotopic (exact) mass is 558 g/mol. The van der Waals surface area contributed by atoms with Crippen molar-refractivity contribution in [2.24, 2.45) is 0 Å². The lowest BCUT2D eigenvalue weighted by Crippen LogP contribution is -2.60. The van der Waals surface area contributed by atoms with Gasteiger partial charge in [0.15, 0.2) is 0 Å². The standard InChI is InChI=1S/C28H28Cl2N2O4S/c1-5-35-26(33)23-16(3)31-17(4)28(27(34)36-6-2,18-10-8-7-9-11-18)24(23)25-32-22(15-37-25)20-13-12-19(29)14-21(20)30/h7-15,17,24,31H,5-6H2,1-4H3. The predicted octanol–water partition coefficient (Wildman–Crippen LogP) is 6.53. The summed E-state index contributed by atoms with van der Waals surface area (Å²) in [6.45, 7) is 7.64. The molecule has 4 rings (SSSR count). The number of thiazole rings is 1. The maximum Gasteiger partial charge on any atom is 0.336 e. The Bertz CT molecular complexity index is 1340. The van der Waals surface area contributed by atoms with Gasteiger partial charge in [-0.15, -0.1) is 11.3 Å². The second kappa shape index (κ2) is 11.3. The third-order valence-electron chi connectivity index (χ3n) is 6.60. The molecule has 2 heterocycles. The molecule has 2 aromatic carbocycles. The highest BCUT2D eigenvalue weighted by Gasteiger charge is 2.59. The average Bonchev–Trinajstić information content (AvgIpc) is 3.34. The van der Waals surface area contributed by atoms with Crippen LogP contribution in [0.3, 0.4) is 0 Å². The molecule has 9 heteroatoms. The largest absolute Gasteiger partial charge is 0.465 e. The molecule has 6 nitrogen and oxygen atoms in total. The summed E-state index contributed by atoms with van der Waals surface area (Å²) in [5, 5.41) is 6.80. The fourth-order valence-corrected chi connectivity index (χ4v) is 6.55. The Labute approximate surface area is 230 Å². The van der Waals surface area contributed by atoms with Gasteiger partial charge in [0.2, 0.25) is 0 Å². The molecule has 0 saturated carbocycles. The molecule has 37 heavy (non-hydrogen) atoms. The Kier molecular flexibility index (Phi) is 8.26. The average molecular weight is 560 g/mol. The highest BCUT2D eigenvalue weighted by atomic mass is 35.5. The van der Waals surface area contributed by atoms with Gasteiger partial charge in [0.05, 0.1) is 35.4 Å². The molecule has 3 aromatic rings. The molecule has 194 valence electrons. The van der Waals surface area contributed by atoms with Crippen molar-refractivity contribution in [3.8, 4) is 11.3 Å². The van der Waals surface area contributed by atoms with E-state index in [-0.39, 0.29) is 13.2 Å². The number of allylic oxidation sites excluding steroid dienone is 1. The van der Waals surface area contributed by atoms with Crippen LogP contribution in [0, 0.1) is 0 Å². The van der Waals surface area contributed by atoms with Crippen molar-refractivity contribution in [2.75, 3.05) is 13.2 Å². The number of esters is 2. The molecule has 0 aliphatic carbocycles. The number of carbonyl (C=O) groups excluding carboxylic acids is 2. The van der Waals surface area contributed by atoms with Crippen LogP contribution in [0.5, 0.6) is 0 Å². The minimum absolute atomic E-state index is 0.188. The summed E-state index contributed by atoms with van der Waals surface area (Å²) >= 11 is 13.9. The van der Waals surface area contributed by atoms with Gasteiger partial charge in [-0.25, -0.2) is 9.78 Å². The summed E-state index contributed by atoms with van der Waals surface area (Å²) in [7, 11) is 0. The molecule has 0 bridgehead atoms. The van der Waals surface area contributed by atoms with Crippen LogP contribution in [0.4, 0.5) is 0 Å². The van der Waals surface area contributed by atoms with E-state index in [9.17, 15) is 9.59 Å². The van der Waals surface area contributed by atoms with Crippen LogP contribution in [-0.2, 0) is 24.5 Å². The summed E-state index contributed by atoms with van der Waals surface area (Å²) in [5.41, 5.74) is 1.73. The number of carbonyl (C=O) groups is 2. The Morgan fingerprint density at radius 2 is 1.78 bits per heavy atom. The predicted molar refractivity (Wildman–Crippen MR) is 147 cm³/mol. The highest BCUT2D eigenvalue weighted by molar-refractivity contribution is 7.10. The van der Waals surface area contributed by atoms with Crippen molar-refractivity contribution < 1.29 is 19.1 Å². The van der Waals surface area contributed by atoms with Crippen LogP contribution in [-0.4, -0.2) is 36.2 Å². The molecule has 1 aromatic heterocycles. The maximum absolute atomic E-state index is 14.0. The quantitative estimate of drug-likeness (QED) is 0.332. The summed E-state index contributed by atoms with van der Waals surface area (Å²) in [6, 6.07) is 14.2. The van der Waals surface area contributed by atoms with Gasteiger partial charge in [-0.1, -0.05) is 53.5 Å². The molecule has 3 unspecified atom stereocenters. The third-order valence-corrected chi connectivity index (χ3v) is 8.06. The molecule has 0 fully saturated rings.